The van der Waals surface area contributed by atoms with Crippen LogP contribution in [0.3, 0.4) is 0 Å². The van der Waals surface area contributed by atoms with Crippen molar-refractivity contribution in [2.45, 2.75) is 12.8 Å². The van der Waals surface area contributed by atoms with Gasteiger partial charge in [-0.25, -0.2) is 4.79 Å². The van der Waals surface area contributed by atoms with Crippen molar-refractivity contribution >= 4 is 12.4 Å². The largest absolute Gasteiger partial charge is 0.392 e. The lowest BCUT2D eigenvalue weighted by atomic mass is 10.2. The van der Waals surface area contributed by atoms with Crippen LogP contribution in [0, 0.1) is 5.92 Å². The summed E-state index contributed by atoms with van der Waals surface area (Å²) in [4.78, 5) is 20.4. The molecule has 1 fully saturated rings. The van der Waals surface area contributed by atoms with Crippen LogP contribution in [0.4, 0.5) is 0 Å². The Morgan fingerprint density at radius 2 is 2.20 bits per heavy atom. The summed E-state index contributed by atoms with van der Waals surface area (Å²) in [6.07, 6.45) is 1.99. The highest BCUT2D eigenvalue weighted by molar-refractivity contribution is 5.92. The van der Waals surface area contributed by atoms with Gasteiger partial charge < -0.3 is 4.74 Å². The van der Waals surface area contributed by atoms with Crippen LogP contribution < -0.4 is 0 Å². The second-order valence-electron chi connectivity index (χ2n) is 2.30. The molecule has 10 heavy (non-hydrogen) atoms. The van der Waals surface area contributed by atoms with Gasteiger partial charge in [0.15, 0.2) is 0 Å². The van der Waals surface area contributed by atoms with Crippen LogP contribution in [0.15, 0.2) is 12.2 Å². The van der Waals surface area contributed by atoms with Gasteiger partial charge in [0.05, 0.1) is 0 Å². The van der Waals surface area contributed by atoms with Gasteiger partial charge in [-0.3, -0.25) is 4.79 Å². The summed E-state index contributed by atoms with van der Waals surface area (Å²) in [5, 5.41) is 0. The minimum Gasteiger partial charge on any atom is -0.392 e. The molecule has 0 unspecified atom stereocenters. The van der Waals surface area contributed by atoms with Crippen molar-refractivity contribution in [1.29, 1.82) is 0 Å². The lowest BCUT2D eigenvalue weighted by Gasteiger charge is -1.96. The molecule has 0 aliphatic heterocycles. The summed E-state index contributed by atoms with van der Waals surface area (Å²) in [6, 6.07) is 0. The predicted octanol–water partition coefficient (Wildman–Crippen LogP) is 0.652. The van der Waals surface area contributed by atoms with E-state index in [1.54, 1.807) is 0 Å². The maximum absolute atomic E-state index is 10.7. The second-order valence-corrected chi connectivity index (χ2v) is 2.30. The topological polar surface area (TPSA) is 43.4 Å². The van der Waals surface area contributed by atoms with E-state index in [2.05, 4.69) is 11.3 Å². The molecule has 0 N–H and O–H groups in total. The zero-order valence-corrected chi connectivity index (χ0v) is 5.50. The van der Waals surface area contributed by atoms with Gasteiger partial charge in [0.25, 0.3) is 0 Å². The minimum absolute atomic E-state index is 0.135. The molecule has 54 valence electrons. The Kier molecular flexibility index (Phi) is 1.85. The Morgan fingerprint density at radius 3 is 2.60 bits per heavy atom. The highest BCUT2D eigenvalue weighted by Crippen LogP contribution is 2.35. The van der Waals surface area contributed by atoms with Gasteiger partial charge in [0, 0.05) is 5.57 Å². The van der Waals surface area contributed by atoms with Crippen molar-refractivity contribution in [3.05, 3.63) is 12.2 Å². The van der Waals surface area contributed by atoms with Crippen molar-refractivity contribution < 1.29 is 14.3 Å². The van der Waals surface area contributed by atoms with Crippen molar-refractivity contribution in [3.8, 4) is 0 Å². The van der Waals surface area contributed by atoms with Gasteiger partial charge in [-0.15, -0.1) is 0 Å². The number of rotatable bonds is 3. The number of carbonyl (C=O) groups is 2. The molecule has 0 radical (unpaired) electrons. The summed E-state index contributed by atoms with van der Waals surface area (Å²) in [5.41, 5.74) is 0.423. The average molecular weight is 140 g/mol. The predicted molar refractivity (Wildman–Crippen MR) is 34.0 cm³/mol. The van der Waals surface area contributed by atoms with E-state index in [0.29, 0.717) is 5.57 Å². The minimum atomic E-state index is -0.586. The molecule has 0 spiro atoms. The molecule has 0 aromatic carbocycles. The van der Waals surface area contributed by atoms with Crippen LogP contribution in [-0.4, -0.2) is 12.4 Å². The summed E-state index contributed by atoms with van der Waals surface area (Å²) in [7, 11) is 0. The van der Waals surface area contributed by atoms with E-state index in [-0.39, 0.29) is 12.4 Å². The van der Waals surface area contributed by atoms with Gasteiger partial charge in [-0.2, -0.15) is 0 Å². The fraction of sp³-hybridized carbons (Fsp3) is 0.429. The number of esters is 1. The molecule has 0 atom stereocenters. The average Bonchev–Trinajstić information content (AvgIpc) is 2.68. The third-order valence-corrected chi connectivity index (χ3v) is 1.49. The first kappa shape index (κ1) is 6.99. The molecule has 1 aliphatic rings. The zero-order chi connectivity index (χ0) is 7.56. The molecule has 0 aromatic heterocycles. The number of hydrogen-bond acceptors (Lipinski definition) is 3. The van der Waals surface area contributed by atoms with E-state index in [1.807, 2.05) is 0 Å². The van der Waals surface area contributed by atoms with Crippen LogP contribution in [0.5, 0.6) is 0 Å². The van der Waals surface area contributed by atoms with Crippen molar-refractivity contribution in [3.63, 3.8) is 0 Å². The summed E-state index contributed by atoms with van der Waals surface area (Å²) >= 11 is 0. The monoisotopic (exact) mass is 140 g/mol. The first-order valence-corrected chi connectivity index (χ1v) is 3.09. The Hall–Kier alpha value is -1.12. The van der Waals surface area contributed by atoms with Crippen molar-refractivity contribution in [2.75, 3.05) is 0 Å². The normalized spacial score (nSPS) is 16.0. The van der Waals surface area contributed by atoms with Crippen LogP contribution in [-0.2, 0) is 14.3 Å². The fourth-order valence-electron chi connectivity index (χ4n) is 0.718. The molecule has 0 amide bonds. The second kappa shape index (κ2) is 2.64. The van der Waals surface area contributed by atoms with E-state index < -0.39 is 5.97 Å². The molecular formula is C7H8O3. The van der Waals surface area contributed by atoms with Crippen LogP contribution in [0.25, 0.3) is 0 Å². The quantitative estimate of drug-likeness (QED) is 0.250. The molecule has 3 nitrogen and oxygen atoms in total. The standard InChI is InChI=1S/C7H8O3/c1-5(6-2-3-6)7(9)10-4-8/h4,6H,1-3H2. The smallest absolute Gasteiger partial charge is 0.341 e. The Balaban J connectivity index is 2.38. The Labute approximate surface area is 58.7 Å². The molecule has 0 bridgehead atoms. The van der Waals surface area contributed by atoms with Gasteiger partial charge in [-0.1, -0.05) is 6.58 Å². The summed E-state index contributed by atoms with van der Waals surface area (Å²) in [6.45, 7) is 3.64. The molecule has 1 rings (SSSR count). The van der Waals surface area contributed by atoms with E-state index in [1.165, 1.54) is 0 Å². The third-order valence-electron chi connectivity index (χ3n) is 1.49. The highest BCUT2D eigenvalue weighted by atomic mass is 16.6. The van der Waals surface area contributed by atoms with Gasteiger partial charge in [0.1, 0.15) is 0 Å². The first-order chi connectivity index (χ1) is 4.75. The lowest BCUT2D eigenvalue weighted by Crippen LogP contribution is -2.06. The van der Waals surface area contributed by atoms with E-state index in [9.17, 15) is 9.59 Å². The highest BCUT2D eigenvalue weighted by Gasteiger charge is 2.29. The Morgan fingerprint density at radius 1 is 1.60 bits per heavy atom. The van der Waals surface area contributed by atoms with E-state index in [4.69, 9.17) is 0 Å². The van der Waals surface area contributed by atoms with E-state index >= 15 is 0 Å². The molecule has 0 heterocycles. The molecule has 1 saturated carbocycles. The first-order valence-electron chi connectivity index (χ1n) is 3.09. The van der Waals surface area contributed by atoms with Gasteiger partial charge >= 0.3 is 12.4 Å². The number of carbonyl (C=O) groups excluding carboxylic acids is 2. The molecule has 3 heteroatoms. The maximum atomic E-state index is 10.7. The number of ether oxygens (including phenoxy) is 1. The zero-order valence-electron chi connectivity index (χ0n) is 5.50. The molecule has 0 saturated heterocycles. The third kappa shape index (κ3) is 1.43. The molecule has 0 aromatic rings. The van der Waals surface area contributed by atoms with Crippen LogP contribution >= 0.6 is 0 Å². The maximum Gasteiger partial charge on any atom is 0.341 e. The van der Waals surface area contributed by atoms with E-state index in [0.717, 1.165) is 12.8 Å². The Bertz CT molecular complexity index is 179. The van der Waals surface area contributed by atoms with Gasteiger partial charge in [-0.05, 0) is 18.8 Å². The fourth-order valence-corrected chi connectivity index (χ4v) is 0.718. The lowest BCUT2D eigenvalue weighted by molar-refractivity contribution is -0.148. The van der Waals surface area contributed by atoms with Gasteiger partial charge in [0.2, 0.25) is 0 Å². The molecular weight excluding hydrogens is 132 g/mol. The summed E-state index contributed by atoms with van der Waals surface area (Å²) in [5.74, 6) is -0.315. The molecule has 1 aliphatic carbocycles. The van der Waals surface area contributed by atoms with Crippen molar-refractivity contribution in [2.24, 2.45) is 5.92 Å². The number of hydrogen-bond donors (Lipinski definition) is 0. The van der Waals surface area contributed by atoms with Crippen LogP contribution in [0.1, 0.15) is 12.8 Å². The summed E-state index contributed by atoms with van der Waals surface area (Å²) < 4.78 is 4.09. The van der Waals surface area contributed by atoms with Crippen LogP contribution in [0.2, 0.25) is 0 Å². The van der Waals surface area contributed by atoms with Crippen molar-refractivity contribution in [1.82, 2.24) is 0 Å². The SMILES string of the molecule is C=C(C(=O)OC=O)C1CC1.